The summed E-state index contributed by atoms with van der Waals surface area (Å²) in [4.78, 5) is 45.9. The number of hydrogen-bond donors (Lipinski definition) is 1. The Morgan fingerprint density at radius 1 is 0.981 bits per heavy atom. The SMILES string of the molecule is CO[C@H]1C[C@H](N=[N+]=[N-])[C@@H](O[C@H]2O[C@H](CN(C(=O)OCc3ccccc3)[C@H](C)c3ccccc3)CC[C@H]2NC(=O)OCc2ccccc2)[C@@H]2OC(=O)N(C)[C@@H]21. The smallest absolute Gasteiger partial charge is 0.410 e. The first-order valence-electron chi connectivity index (χ1n) is 18.1. The number of nitrogens with zero attached hydrogens (tertiary/aromatic N) is 5. The molecule has 0 bridgehead atoms. The predicted molar refractivity (Wildman–Crippen MR) is 195 cm³/mol. The lowest BCUT2D eigenvalue weighted by molar-refractivity contribution is -0.252. The highest BCUT2D eigenvalue weighted by molar-refractivity contribution is 5.71. The van der Waals surface area contributed by atoms with Crippen LogP contribution < -0.4 is 5.32 Å². The summed E-state index contributed by atoms with van der Waals surface area (Å²) in [5.41, 5.74) is 12.1. The van der Waals surface area contributed by atoms with Crippen LogP contribution in [0.5, 0.6) is 0 Å². The Bertz CT molecular complexity index is 1750. The maximum absolute atomic E-state index is 13.8. The monoisotopic (exact) mass is 742 g/mol. The van der Waals surface area contributed by atoms with Crippen molar-refractivity contribution in [3.63, 3.8) is 0 Å². The van der Waals surface area contributed by atoms with Gasteiger partial charge in [0.25, 0.3) is 0 Å². The van der Waals surface area contributed by atoms with Gasteiger partial charge in [-0.3, -0.25) is 4.90 Å². The molecule has 0 unspecified atom stereocenters. The average molecular weight is 743 g/mol. The minimum Gasteiger partial charge on any atom is -0.445 e. The molecule has 1 N–H and O–H groups in total. The zero-order valence-electron chi connectivity index (χ0n) is 30.5. The van der Waals surface area contributed by atoms with Crippen LogP contribution in [0.1, 0.15) is 48.9 Å². The lowest BCUT2D eigenvalue weighted by Crippen LogP contribution is -2.61. The quantitative estimate of drug-likeness (QED) is 0.0889. The first kappa shape index (κ1) is 38.4. The molecule has 3 fully saturated rings. The highest BCUT2D eigenvalue weighted by atomic mass is 16.7. The molecular formula is C39H46N6O9. The number of alkyl carbamates (subject to hydrolysis) is 1. The summed E-state index contributed by atoms with van der Waals surface area (Å²) in [5.74, 6) is 0. The van der Waals surface area contributed by atoms with E-state index in [0.29, 0.717) is 12.8 Å². The molecule has 0 spiro atoms. The molecule has 0 radical (unpaired) electrons. The van der Waals surface area contributed by atoms with Crippen LogP contribution in [0.2, 0.25) is 0 Å². The van der Waals surface area contributed by atoms with Gasteiger partial charge in [-0.1, -0.05) is 96.1 Å². The molecule has 3 aromatic carbocycles. The molecule has 286 valence electrons. The molecule has 2 heterocycles. The minimum atomic E-state index is -1.12. The molecule has 1 aliphatic carbocycles. The Morgan fingerprint density at radius 3 is 2.24 bits per heavy atom. The first-order chi connectivity index (χ1) is 26.2. The van der Waals surface area contributed by atoms with E-state index in [1.807, 2.05) is 97.9 Å². The third-order valence-electron chi connectivity index (χ3n) is 10.2. The third-order valence-corrected chi connectivity index (χ3v) is 10.2. The number of rotatable bonds is 13. The number of azide groups is 1. The van der Waals surface area contributed by atoms with Gasteiger partial charge in [0.15, 0.2) is 12.4 Å². The van der Waals surface area contributed by atoms with E-state index in [9.17, 15) is 19.9 Å². The van der Waals surface area contributed by atoms with Crippen LogP contribution in [0.4, 0.5) is 14.4 Å². The zero-order chi connectivity index (χ0) is 38.0. The number of carbonyl (C=O) groups is 3. The molecule has 1 saturated carbocycles. The van der Waals surface area contributed by atoms with Crippen LogP contribution in [0.25, 0.3) is 10.4 Å². The topological polar surface area (TPSA) is 174 Å². The van der Waals surface area contributed by atoms with Crippen LogP contribution in [-0.4, -0.2) is 97.6 Å². The van der Waals surface area contributed by atoms with Gasteiger partial charge in [0.05, 0.1) is 36.9 Å². The minimum absolute atomic E-state index is 0.0534. The molecular weight excluding hydrogens is 696 g/mol. The normalized spacial score (nSPS) is 26.7. The summed E-state index contributed by atoms with van der Waals surface area (Å²) in [6, 6.07) is 25.9. The molecule has 2 saturated heterocycles. The Balaban J connectivity index is 1.24. The van der Waals surface area contributed by atoms with Gasteiger partial charge < -0.3 is 38.6 Å². The second kappa shape index (κ2) is 18.1. The molecule has 3 amide bonds. The Labute approximate surface area is 314 Å². The van der Waals surface area contributed by atoms with Crippen molar-refractivity contribution in [1.29, 1.82) is 0 Å². The fourth-order valence-corrected chi connectivity index (χ4v) is 7.30. The molecule has 2 aliphatic heterocycles. The number of ether oxygens (including phenoxy) is 6. The van der Waals surface area contributed by atoms with Gasteiger partial charge in [-0.05, 0) is 48.4 Å². The van der Waals surface area contributed by atoms with Gasteiger partial charge in [0.1, 0.15) is 25.4 Å². The van der Waals surface area contributed by atoms with Crippen LogP contribution in [-0.2, 0) is 41.6 Å². The first-order valence-corrected chi connectivity index (χ1v) is 18.1. The van der Waals surface area contributed by atoms with Crippen LogP contribution in [0, 0.1) is 0 Å². The van der Waals surface area contributed by atoms with Crippen molar-refractivity contribution in [1.82, 2.24) is 15.1 Å². The fourth-order valence-electron chi connectivity index (χ4n) is 7.30. The number of likely N-dealkylation sites (N-methyl/N-ethyl adjacent to an activating group) is 1. The summed E-state index contributed by atoms with van der Waals surface area (Å²) >= 11 is 0. The van der Waals surface area contributed by atoms with Crippen LogP contribution in [0.15, 0.2) is 96.1 Å². The summed E-state index contributed by atoms with van der Waals surface area (Å²) in [6.45, 7) is 2.20. The van der Waals surface area contributed by atoms with Gasteiger partial charge in [-0.25, -0.2) is 14.4 Å². The van der Waals surface area contributed by atoms with Crippen molar-refractivity contribution in [3.8, 4) is 0 Å². The van der Waals surface area contributed by atoms with Crippen molar-refractivity contribution >= 4 is 18.3 Å². The Kier molecular flexibility index (Phi) is 12.9. The lowest BCUT2D eigenvalue weighted by atomic mass is 9.83. The number of nitrogens with one attached hydrogen (secondary N) is 1. The maximum atomic E-state index is 13.8. The van der Waals surface area contributed by atoms with Crippen molar-refractivity contribution in [2.75, 3.05) is 20.7 Å². The van der Waals surface area contributed by atoms with Crippen LogP contribution in [0.3, 0.4) is 0 Å². The van der Waals surface area contributed by atoms with Gasteiger partial charge >= 0.3 is 18.3 Å². The molecule has 3 aromatic rings. The Hall–Kier alpha value is -5.34. The average Bonchev–Trinajstić information content (AvgIpc) is 3.50. The Morgan fingerprint density at radius 2 is 1.61 bits per heavy atom. The van der Waals surface area contributed by atoms with Crippen molar-refractivity contribution in [2.24, 2.45) is 5.11 Å². The molecule has 54 heavy (non-hydrogen) atoms. The number of fused-ring (bicyclic) bond motifs is 1. The predicted octanol–water partition coefficient (Wildman–Crippen LogP) is 6.49. The van der Waals surface area contributed by atoms with Gasteiger partial charge in [0.2, 0.25) is 0 Å². The number of amides is 3. The van der Waals surface area contributed by atoms with E-state index >= 15 is 0 Å². The summed E-state index contributed by atoms with van der Waals surface area (Å²) in [5, 5.41) is 6.90. The lowest BCUT2D eigenvalue weighted by Gasteiger charge is -2.45. The summed E-state index contributed by atoms with van der Waals surface area (Å²) in [7, 11) is 3.14. The highest BCUT2D eigenvalue weighted by Crippen LogP contribution is 2.38. The number of hydrogen-bond acceptors (Lipinski definition) is 10. The molecule has 6 rings (SSSR count). The highest BCUT2D eigenvalue weighted by Gasteiger charge is 2.56. The zero-order valence-corrected chi connectivity index (χ0v) is 30.5. The van der Waals surface area contributed by atoms with Crippen LogP contribution >= 0.6 is 0 Å². The molecule has 0 aromatic heterocycles. The number of methoxy groups -OCH3 is 1. The fraction of sp³-hybridized carbons (Fsp3) is 0.462. The second-order valence-corrected chi connectivity index (χ2v) is 13.6. The molecule has 3 aliphatic rings. The van der Waals surface area contributed by atoms with E-state index < -0.39 is 67.1 Å². The maximum Gasteiger partial charge on any atom is 0.410 e. The van der Waals surface area contributed by atoms with Gasteiger partial charge in [0, 0.05) is 19.1 Å². The summed E-state index contributed by atoms with van der Waals surface area (Å²) < 4.78 is 36.1. The largest absolute Gasteiger partial charge is 0.445 e. The van der Waals surface area contributed by atoms with Gasteiger partial charge in [-0.15, -0.1) is 0 Å². The van der Waals surface area contributed by atoms with E-state index in [-0.39, 0.29) is 32.2 Å². The molecule has 15 heteroatoms. The number of carbonyl (C=O) groups excluding carboxylic acids is 3. The van der Waals surface area contributed by atoms with Crippen molar-refractivity contribution < 1.29 is 42.8 Å². The summed E-state index contributed by atoms with van der Waals surface area (Å²) in [6.07, 6.45) is -4.69. The van der Waals surface area contributed by atoms with Crippen molar-refractivity contribution in [3.05, 3.63) is 118 Å². The standard InChI is InChI=1S/C39H46N6O9/c1-25(28-17-11-6-12-18-28)45(39(48)51-24-27-15-9-5-10-16-27)22-29-19-20-30(41-37(46)50-23-26-13-7-4-8-14-26)36(52-29)53-34-31(42-43-40)21-32(49-3)33-35(34)54-38(47)44(33)2/h4-18,25,29-36H,19-24H2,1-3H3,(H,41,46)/t25-,29+,30-,31+,32+,33-,34-,35-,36-/m1/s1. The van der Waals surface area contributed by atoms with E-state index in [2.05, 4.69) is 15.3 Å². The molecule has 9 atom stereocenters. The van der Waals surface area contributed by atoms with E-state index in [1.54, 1.807) is 11.9 Å². The number of benzene rings is 3. The van der Waals surface area contributed by atoms with E-state index in [4.69, 9.17) is 28.4 Å². The van der Waals surface area contributed by atoms with E-state index in [0.717, 1.165) is 16.7 Å². The van der Waals surface area contributed by atoms with Gasteiger partial charge in [-0.2, -0.15) is 0 Å². The van der Waals surface area contributed by atoms with Crippen molar-refractivity contribution in [2.45, 2.75) is 94.3 Å². The second-order valence-electron chi connectivity index (χ2n) is 13.6. The van der Waals surface area contributed by atoms with E-state index in [1.165, 1.54) is 12.0 Å². The molecule has 15 nitrogen and oxygen atoms in total. The third kappa shape index (κ3) is 9.23.